The molecule has 0 radical (unpaired) electrons. The van der Waals surface area contributed by atoms with Crippen LogP contribution in [0.15, 0.2) is 54.3 Å². The molecule has 2 aliphatic rings. The number of hydrogen-bond donors (Lipinski definition) is 1. The van der Waals surface area contributed by atoms with Crippen LogP contribution in [0.2, 0.25) is 0 Å². The zero-order chi connectivity index (χ0) is 19.4. The second kappa shape index (κ2) is 6.96. The maximum atomic E-state index is 11.4. The van der Waals surface area contributed by atoms with Gasteiger partial charge in [0.1, 0.15) is 0 Å². The summed E-state index contributed by atoms with van der Waals surface area (Å²) in [5.74, 6) is 1.58. The van der Waals surface area contributed by atoms with Crippen LogP contribution in [-0.2, 0) is 0 Å². The monoisotopic (exact) mass is 402 g/mol. The van der Waals surface area contributed by atoms with Gasteiger partial charge in [0.05, 0.1) is 29.8 Å². The standard InChI is InChI=1S/C25H26N2OS/c28-25(24-22(17-3-4-17)9-8-21-14-26-15-27(21)24)18-5-1-16(2-6-18)19-7-10-23-20(13-19)11-12-29-23/h7-18,25,28H,1-6H2/t16?,18?,25-/m1/s1. The predicted octanol–water partition coefficient (Wildman–Crippen LogP) is 6.43. The largest absolute Gasteiger partial charge is 0.387 e. The number of thiophene rings is 1. The van der Waals surface area contributed by atoms with Crippen LogP contribution in [0.4, 0.5) is 0 Å². The Morgan fingerprint density at radius 1 is 0.966 bits per heavy atom. The normalized spacial score (nSPS) is 23.6. The van der Waals surface area contributed by atoms with E-state index in [4.69, 9.17) is 0 Å². The zero-order valence-electron chi connectivity index (χ0n) is 16.5. The van der Waals surface area contributed by atoms with E-state index in [1.54, 1.807) is 0 Å². The minimum atomic E-state index is -0.399. The van der Waals surface area contributed by atoms with Gasteiger partial charge in [-0.05, 0) is 96.4 Å². The molecular weight excluding hydrogens is 376 g/mol. The fraction of sp³-hybridized carbons (Fsp3) is 0.400. The van der Waals surface area contributed by atoms with E-state index < -0.39 is 6.10 Å². The molecule has 3 nitrogen and oxygen atoms in total. The van der Waals surface area contributed by atoms with E-state index in [1.807, 2.05) is 23.9 Å². The minimum Gasteiger partial charge on any atom is -0.387 e. The SMILES string of the molecule is O[C@@H](c1c(C2CC2)ccc2cncn12)C1CCC(c2ccc3sccc3c2)CC1. The summed E-state index contributed by atoms with van der Waals surface area (Å²) < 4.78 is 3.51. The van der Waals surface area contributed by atoms with Crippen molar-refractivity contribution in [2.24, 2.45) is 5.92 Å². The topological polar surface area (TPSA) is 37.5 Å². The molecule has 3 aromatic heterocycles. The van der Waals surface area contributed by atoms with Crippen LogP contribution >= 0.6 is 11.3 Å². The van der Waals surface area contributed by atoms with Gasteiger partial charge in [-0.15, -0.1) is 11.3 Å². The first-order chi connectivity index (χ1) is 14.3. The van der Waals surface area contributed by atoms with Crippen molar-refractivity contribution in [3.8, 4) is 0 Å². The van der Waals surface area contributed by atoms with Crippen LogP contribution in [0.1, 0.15) is 73.3 Å². The molecule has 2 aliphatic carbocycles. The van der Waals surface area contributed by atoms with E-state index in [0.29, 0.717) is 17.8 Å². The molecule has 1 N–H and O–H groups in total. The number of aliphatic hydroxyl groups is 1. The number of nitrogens with zero attached hydrogens (tertiary/aromatic N) is 2. The Kier molecular flexibility index (Phi) is 4.24. The lowest BCUT2D eigenvalue weighted by atomic mass is 9.75. The second-order valence-corrected chi connectivity index (χ2v) is 9.86. The maximum Gasteiger partial charge on any atom is 0.0995 e. The van der Waals surface area contributed by atoms with Crippen LogP contribution in [0.25, 0.3) is 15.6 Å². The lowest BCUT2D eigenvalue weighted by Gasteiger charge is -2.33. The third-order valence-corrected chi connectivity index (χ3v) is 8.02. The number of aromatic nitrogens is 2. The Hall–Kier alpha value is -2.17. The summed E-state index contributed by atoms with van der Waals surface area (Å²) in [5, 5.41) is 15.0. The van der Waals surface area contributed by atoms with Crippen LogP contribution in [0.3, 0.4) is 0 Å². The molecule has 0 aliphatic heterocycles. The Balaban J connectivity index is 1.24. The van der Waals surface area contributed by atoms with Gasteiger partial charge in [-0.1, -0.05) is 18.2 Å². The molecule has 3 heterocycles. The van der Waals surface area contributed by atoms with Crippen molar-refractivity contribution >= 4 is 26.9 Å². The quantitative estimate of drug-likeness (QED) is 0.427. The fourth-order valence-electron chi connectivity index (χ4n) is 5.31. The Morgan fingerprint density at radius 2 is 1.79 bits per heavy atom. The number of hydrogen-bond acceptors (Lipinski definition) is 3. The van der Waals surface area contributed by atoms with Crippen LogP contribution in [0.5, 0.6) is 0 Å². The average molecular weight is 403 g/mol. The molecule has 0 spiro atoms. The molecule has 6 rings (SSSR count). The van der Waals surface area contributed by atoms with E-state index in [-0.39, 0.29) is 0 Å². The first-order valence-corrected chi connectivity index (χ1v) is 11.8. The second-order valence-electron chi connectivity index (χ2n) is 8.91. The van der Waals surface area contributed by atoms with Gasteiger partial charge < -0.3 is 9.51 Å². The van der Waals surface area contributed by atoms with E-state index in [0.717, 1.165) is 36.9 Å². The first kappa shape index (κ1) is 17.7. The first-order valence-electron chi connectivity index (χ1n) is 10.9. The molecule has 4 aromatic rings. The number of fused-ring (bicyclic) bond motifs is 2. The lowest BCUT2D eigenvalue weighted by molar-refractivity contribution is 0.0754. The Labute approximate surface area is 175 Å². The molecule has 1 aromatic carbocycles. The molecule has 2 saturated carbocycles. The number of aliphatic hydroxyl groups excluding tert-OH is 1. The smallest absolute Gasteiger partial charge is 0.0995 e. The average Bonchev–Trinajstić information content (AvgIpc) is 3.30. The molecule has 1 atom stereocenters. The number of rotatable bonds is 4. The highest BCUT2D eigenvalue weighted by Gasteiger charge is 2.34. The third-order valence-electron chi connectivity index (χ3n) is 7.12. The summed E-state index contributed by atoms with van der Waals surface area (Å²) in [5.41, 5.74) is 5.00. The third kappa shape index (κ3) is 3.10. The molecule has 4 heteroatoms. The highest BCUT2D eigenvalue weighted by molar-refractivity contribution is 7.17. The van der Waals surface area contributed by atoms with Crippen molar-refractivity contribution in [3.05, 3.63) is 71.1 Å². The van der Waals surface area contributed by atoms with Gasteiger partial charge in [0.25, 0.3) is 0 Å². The van der Waals surface area contributed by atoms with Crippen LogP contribution in [-0.4, -0.2) is 14.5 Å². The van der Waals surface area contributed by atoms with E-state index in [1.165, 1.54) is 34.1 Å². The van der Waals surface area contributed by atoms with Crippen molar-refractivity contribution in [3.63, 3.8) is 0 Å². The number of pyridine rings is 1. The van der Waals surface area contributed by atoms with E-state index >= 15 is 0 Å². The number of imidazole rings is 1. The van der Waals surface area contributed by atoms with Gasteiger partial charge >= 0.3 is 0 Å². The summed E-state index contributed by atoms with van der Waals surface area (Å²) in [6, 6.07) is 13.6. The van der Waals surface area contributed by atoms with Gasteiger partial charge in [-0.3, -0.25) is 0 Å². The molecule has 148 valence electrons. The van der Waals surface area contributed by atoms with Crippen molar-refractivity contribution in [2.45, 2.75) is 56.5 Å². The summed E-state index contributed by atoms with van der Waals surface area (Å²) in [4.78, 5) is 4.34. The van der Waals surface area contributed by atoms with Gasteiger partial charge in [-0.25, -0.2) is 4.98 Å². The summed E-state index contributed by atoms with van der Waals surface area (Å²) in [6.45, 7) is 0. The fourth-order valence-corrected chi connectivity index (χ4v) is 6.08. The lowest BCUT2D eigenvalue weighted by Crippen LogP contribution is -2.22. The summed E-state index contributed by atoms with van der Waals surface area (Å²) in [6.07, 6.45) is 10.4. The maximum absolute atomic E-state index is 11.4. The van der Waals surface area contributed by atoms with Crippen molar-refractivity contribution in [2.75, 3.05) is 0 Å². The molecule has 29 heavy (non-hydrogen) atoms. The van der Waals surface area contributed by atoms with Gasteiger partial charge in [0.15, 0.2) is 0 Å². The molecular formula is C25H26N2OS. The molecule has 0 saturated heterocycles. The highest BCUT2D eigenvalue weighted by atomic mass is 32.1. The summed E-state index contributed by atoms with van der Waals surface area (Å²) in [7, 11) is 0. The minimum absolute atomic E-state index is 0.335. The van der Waals surface area contributed by atoms with Gasteiger partial charge in [0.2, 0.25) is 0 Å². The predicted molar refractivity (Wildman–Crippen MR) is 119 cm³/mol. The zero-order valence-corrected chi connectivity index (χ0v) is 17.3. The molecule has 0 unspecified atom stereocenters. The Morgan fingerprint density at radius 3 is 2.62 bits per heavy atom. The van der Waals surface area contributed by atoms with E-state index in [9.17, 15) is 5.11 Å². The van der Waals surface area contributed by atoms with Gasteiger partial charge in [-0.2, -0.15) is 0 Å². The van der Waals surface area contributed by atoms with Crippen molar-refractivity contribution in [1.29, 1.82) is 0 Å². The highest BCUT2D eigenvalue weighted by Crippen LogP contribution is 2.47. The van der Waals surface area contributed by atoms with Crippen molar-refractivity contribution in [1.82, 2.24) is 9.38 Å². The molecule has 2 fully saturated rings. The van der Waals surface area contributed by atoms with Gasteiger partial charge in [0, 0.05) is 4.70 Å². The van der Waals surface area contributed by atoms with E-state index in [2.05, 4.69) is 51.2 Å². The number of benzene rings is 1. The van der Waals surface area contributed by atoms with Crippen molar-refractivity contribution < 1.29 is 5.11 Å². The van der Waals surface area contributed by atoms with Crippen LogP contribution < -0.4 is 0 Å². The summed E-state index contributed by atoms with van der Waals surface area (Å²) >= 11 is 1.81. The molecule has 0 bridgehead atoms. The molecule has 0 amide bonds. The van der Waals surface area contributed by atoms with Crippen LogP contribution in [0, 0.1) is 5.92 Å². The Bertz CT molecular complexity index is 1160.